The fourth-order valence-electron chi connectivity index (χ4n) is 2.79. The Balaban J connectivity index is 1.48. The minimum absolute atomic E-state index is 0.105. The van der Waals surface area contributed by atoms with E-state index in [1.807, 2.05) is 37.4 Å². The van der Waals surface area contributed by atoms with Crippen molar-refractivity contribution >= 4 is 46.3 Å². The Morgan fingerprint density at radius 3 is 2.40 bits per heavy atom. The predicted octanol–water partition coefficient (Wildman–Crippen LogP) is 4.68. The van der Waals surface area contributed by atoms with Gasteiger partial charge in [0.25, 0.3) is 0 Å². The predicted molar refractivity (Wildman–Crippen MR) is 123 cm³/mol. The van der Waals surface area contributed by atoms with Crippen LogP contribution in [0.1, 0.15) is 16.8 Å². The summed E-state index contributed by atoms with van der Waals surface area (Å²) in [6.45, 7) is 3.94. The van der Waals surface area contributed by atoms with Crippen LogP contribution >= 0.6 is 23.1 Å². The van der Waals surface area contributed by atoms with Crippen LogP contribution in [0.25, 0.3) is 0 Å². The fourth-order valence-corrected chi connectivity index (χ4v) is 4.44. The van der Waals surface area contributed by atoms with Crippen molar-refractivity contribution in [2.45, 2.75) is 24.6 Å². The molecule has 8 heteroatoms. The number of para-hydroxylation sites is 1. The van der Waals surface area contributed by atoms with Crippen molar-refractivity contribution in [3.05, 3.63) is 64.7 Å². The third kappa shape index (κ3) is 6.08. The van der Waals surface area contributed by atoms with Crippen LogP contribution in [0.4, 0.5) is 11.4 Å². The number of rotatable bonds is 8. The Morgan fingerprint density at radius 1 is 1.03 bits per heavy atom. The molecular weight excluding hydrogens is 418 g/mol. The molecule has 0 atom stereocenters. The van der Waals surface area contributed by atoms with Crippen molar-refractivity contribution in [1.29, 1.82) is 0 Å². The number of nitrogens with zero attached hydrogens (tertiary/aromatic N) is 1. The average Bonchev–Trinajstić information content (AvgIpc) is 3.17. The van der Waals surface area contributed by atoms with Gasteiger partial charge in [-0.1, -0.05) is 30.0 Å². The smallest absolute Gasteiger partial charge is 0.234 e. The van der Waals surface area contributed by atoms with Crippen molar-refractivity contribution in [3.8, 4) is 5.75 Å². The van der Waals surface area contributed by atoms with E-state index in [0.717, 1.165) is 26.9 Å². The molecule has 1 aromatic heterocycles. The summed E-state index contributed by atoms with van der Waals surface area (Å²) in [6.07, 6.45) is 0.197. The summed E-state index contributed by atoms with van der Waals surface area (Å²) in [5, 5.41) is 7.66. The summed E-state index contributed by atoms with van der Waals surface area (Å²) < 4.78 is 5.86. The highest BCUT2D eigenvalue weighted by molar-refractivity contribution is 8.01. The van der Waals surface area contributed by atoms with Crippen molar-refractivity contribution < 1.29 is 14.3 Å². The number of anilines is 2. The molecule has 3 aromatic rings. The molecule has 0 fully saturated rings. The largest absolute Gasteiger partial charge is 0.497 e. The van der Waals surface area contributed by atoms with Gasteiger partial charge in [-0.25, -0.2) is 4.98 Å². The van der Waals surface area contributed by atoms with Gasteiger partial charge < -0.3 is 15.4 Å². The maximum absolute atomic E-state index is 12.4. The SMILES string of the molecule is COc1ccc(NC(=O)CSc2nc(CC(=O)Nc3c(C)cccc3C)cs2)cc1. The highest BCUT2D eigenvalue weighted by atomic mass is 32.2. The molecule has 1 heterocycles. The molecule has 0 spiro atoms. The van der Waals surface area contributed by atoms with Crippen LogP contribution in [-0.4, -0.2) is 29.7 Å². The van der Waals surface area contributed by atoms with Gasteiger partial charge in [0.15, 0.2) is 4.34 Å². The van der Waals surface area contributed by atoms with Crippen LogP contribution in [0.15, 0.2) is 52.2 Å². The van der Waals surface area contributed by atoms with Crippen LogP contribution in [0.3, 0.4) is 0 Å². The van der Waals surface area contributed by atoms with Gasteiger partial charge in [-0.15, -0.1) is 11.3 Å². The first kappa shape index (κ1) is 21.9. The number of methoxy groups -OCH3 is 1. The van der Waals surface area contributed by atoms with E-state index in [9.17, 15) is 9.59 Å². The highest BCUT2D eigenvalue weighted by Crippen LogP contribution is 2.24. The molecule has 2 amide bonds. The highest BCUT2D eigenvalue weighted by Gasteiger charge is 2.12. The third-order valence-corrected chi connectivity index (χ3v) is 6.39. The Hall–Kier alpha value is -2.84. The van der Waals surface area contributed by atoms with Gasteiger partial charge >= 0.3 is 0 Å². The molecule has 6 nitrogen and oxygen atoms in total. The molecule has 0 saturated heterocycles. The summed E-state index contributed by atoms with van der Waals surface area (Å²) in [4.78, 5) is 29.0. The lowest BCUT2D eigenvalue weighted by Gasteiger charge is -2.10. The van der Waals surface area contributed by atoms with E-state index < -0.39 is 0 Å². The topological polar surface area (TPSA) is 80.3 Å². The lowest BCUT2D eigenvalue weighted by molar-refractivity contribution is -0.116. The molecule has 0 aliphatic heterocycles. The monoisotopic (exact) mass is 441 g/mol. The number of thioether (sulfide) groups is 1. The summed E-state index contributed by atoms with van der Waals surface area (Å²) in [5.41, 5.74) is 4.32. The zero-order valence-corrected chi connectivity index (χ0v) is 18.7. The maximum atomic E-state index is 12.4. The van der Waals surface area contributed by atoms with Crippen molar-refractivity contribution in [3.63, 3.8) is 0 Å². The van der Waals surface area contributed by atoms with Gasteiger partial charge in [0.2, 0.25) is 11.8 Å². The number of carbonyl (C=O) groups is 2. The lowest BCUT2D eigenvalue weighted by Crippen LogP contribution is -2.16. The molecule has 0 radical (unpaired) electrons. The zero-order valence-electron chi connectivity index (χ0n) is 17.0. The molecule has 0 aliphatic rings. The van der Waals surface area contributed by atoms with Gasteiger partial charge in [-0.05, 0) is 49.2 Å². The second kappa shape index (κ2) is 10.3. The fraction of sp³-hybridized carbons (Fsp3) is 0.227. The Bertz CT molecular complexity index is 1010. The van der Waals surface area contributed by atoms with Gasteiger partial charge in [0.05, 0.1) is 25.0 Å². The minimum Gasteiger partial charge on any atom is -0.497 e. The Kier molecular flexibility index (Phi) is 7.48. The molecular formula is C22H23N3O3S2. The number of hydrogen-bond acceptors (Lipinski definition) is 6. The molecule has 0 unspecified atom stereocenters. The van der Waals surface area contributed by atoms with Gasteiger partial charge in [-0.2, -0.15) is 0 Å². The van der Waals surface area contributed by atoms with Crippen LogP contribution in [-0.2, 0) is 16.0 Å². The third-order valence-electron chi connectivity index (χ3n) is 4.32. The molecule has 0 bridgehead atoms. The maximum Gasteiger partial charge on any atom is 0.234 e. The second-order valence-corrected chi connectivity index (χ2v) is 8.74. The Morgan fingerprint density at radius 2 is 1.73 bits per heavy atom. The van der Waals surface area contributed by atoms with Crippen LogP contribution < -0.4 is 15.4 Å². The lowest BCUT2D eigenvalue weighted by atomic mass is 10.1. The number of carbonyl (C=O) groups excluding carboxylic acids is 2. The summed E-state index contributed by atoms with van der Waals surface area (Å²) >= 11 is 2.78. The van der Waals surface area contributed by atoms with Gasteiger partial charge in [0.1, 0.15) is 5.75 Å². The van der Waals surface area contributed by atoms with E-state index in [4.69, 9.17) is 4.74 Å². The molecule has 3 rings (SSSR count). The van der Waals surface area contributed by atoms with Crippen LogP contribution in [0.5, 0.6) is 5.75 Å². The van der Waals surface area contributed by atoms with Crippen molar-refractivity contribution in [2.75, 3.05) is 23.5 Å². The van der Waals surface area contributed by atoms with Gasteiger partial charge in [-0.3, -0.25) is 9.59 Å². The van der Waals surface area contributed by atoms with Crippen LogP contribution in [0, 0.1) is 13.8 Å². The van der Waals surface area contributed by atoms with E-state index in [1.165, 1.54) is 23.1 Å². The number of thiazole rings is 1. The van der Waals surface area contributed by atoms with E-state index >= 15 is 0 Å². The molecule has 156 valence electrons. The standard InChI is InChI=1S/C22H23N3O3S2/c1-14-5-4-6-15(2)21(14)25-19(26)11-17-12-29-22(24-17)30-13-20(27)23-16-7-9-18(28-3)10-8-16/h4-10,12H,11,13H2,1-3H3,(H,23,27)(H,25,26). The number of hydrogen-bond donors (Lipinski definition) is 2. The molecule has 0 aliphatic carbocycles. The van der Waals surface area contributed by atoms with Crippen molar-refractivity contribution in [2.24, 2.45) is 0 Å². The quantitative estimate of drug-likeness (QED) is 0.496. The second-order valence-electron chi connectivity index (χ2n) is 6.66. The number of benzene rings is 2. The summed E-state index contributed by atoms with van der Waals surface area (Å²) in [6, 6.07) is 13.1. The van der Waals surface area contributed by atoms with Crippen LogP contribution in [0.2, 0.25) is 0 Å². The van der Waals surface area contributed by atoms with E-state index in [-0.39, 0.29) is 24.0 Å². The molecule has 2 N–H and O–H groups in total. The number of aryl methyl sites for hydroxylation is 2. The van der Waals surface area contributed by atoms with Gasteiger partial charge in [0, 0.05) is 16.8 Å². The molecule has 30 heavy (non-hydrogen) atoms. The van der Waals surface area contributed by atoms with E-state index in [0.29, 0.717) is 11.4 Å². The molecule has 2 aromatic carbocycles. The molecule has 0 saturated carbocycles. The number of ether oxygens (including phenoxy) is 1. The first-order valence-electron chi connectivity index (χ1n) is 9.32. The summed E-state index contributed by atoms with van der Waals surface area (Å²) in [5.74, 6) is 0.758. The van der Waals surface area contributed by atoms with Crippen molar-refractivity contribution in [1.82, 2.24) is 4.98 Å². The first-order valence-corrected chi connectivity index (χ1v) is 11.2. The first-order chi connectivity index (χ1) is 14.4. The Labute approximate surface area is 184 Å². The average molecular weight is 442 g/mol. The zero-order chi connectivity index (χ0) is 21.5. The number of aromatic nitrogens is 1. The summed E-state index contributed by atoms with van der Waals surface area (Å²) in [7, 11) is 1.60. The van der Waals surface area contributed by atoms with E-state index in [1.54, 1.807) is 31.4 Å². The normalized spacial score (nSPS) is 10.5. The van der Waals surface area contributed by atoms with E-state index in [2.05, 4.69) is 15.6 Å². The number of nitrogens with one attached hydrogen (secondary N) is 2. The number of amides is 2. The minimum atomic E-state index is -0.116.